The first-order chi connectivity index (χ1) is 14.7. The molecule has 0 radical (unpaired) electrons. The highest BCUT2D eigenvalue weighted by Crippen LogP contribution is 2.36. The molecule has 30 heavy (non-hydrogen) atoms. The predicted octanol–water partition coefficient (Wildman–Crippen LogP) is 5.66. The van der Waals surface area contributed by atoms with E-state index < -0.39 is 0 Å². The molecule has 0 saturated heterocycles. The van der Waals surface area contributed by atoms with Crippen molar-refractivity contribution >= 4 is 28.2 Å². The fourth-order valence-electron chi connectivity index (χ4n) is 3.96. The van der Waals surface area contributed by atoms with E-state index in [9.17, 15) is 9.59 Å². The second-order valence-electron chi connectivity index (χ2n) is 7.74. The molecule has 1 saturated carbocycles. The molecule has 0 unspecified atom stereocenters. The minimum Gasteiger partial charge on any atom is -0.349 e. The van der Waals surface area contributed by atoms with Gasteiger partial charge in [0.1, 0.15) is 5.00 Å². The van der Waals surface area contributed by atoms with Crippen molar-refractivity contribution in [1.82, 2.24) is 5.32 Å². The fourth-order valence-corrected chi connectivity index (χ4v) is 4.94. The lowest BCUT2D eigenvalue weighted by molar-refractivity contribution is -0.115. The molecular formula is C25H26N2O2S. The Morgan fingerprint density at radius 3 is 2.27 bits per heavy atom. The number of anilines is 1. The molecule has 1 aliphatic carbocycles. The molecule has 2 aromatic carbocycles. The van der Waals surface area contributed by atoms with Crippen LogP contribution in [0.5, 0.6) is 0 Å². The molecule has 2 N–H and O–H groups in total. The monoisotopic (exact) mass is 418 g/mol. The van der Waals surface area contributed by atoms with E-state index >= 15 is 0 Å². The largest absolute Gasteiger partial charge is 0.349 e. The fraction of sp³-hybridized carbons (Fsp3) is 0.280. The Morgan fingerprint density at radius 1 is 0.900 bits per heavy atom. The van der Waals surface area contributed by atoms with Gasteiger partial charge < -0.3 is 10.6 Å². The van der Waals surface area contributed by atoms with Gasteiger partial charge in [0.05, 0.1) is 12.0 Å². The van der Waals surface area contributed by atoms with Gasteiger partial charge in [-0.05, 0) is 24.0 Å². The summed E-state index contributed by atoms with van der Waals surface area (Å²) < 4.78 is 0. The molecule has 0 bridgehead atoms. The average Bonchev–Trinajstić information content (AvgIpc) is 3.19. The molecule has 154 valence electrons. The number of hydrogen-bond donors (Lipinski definition) is 2. The molecular weight excluding hydrogens is 392 g/mol. The topological polar surface area (TPSA) is 58.2 Å². The molecule has 4 nitrogen and oxygen atoms in total. The van der Waals surface area contributed by atoms with E-state index in [1.165, 1.54) is 17.8 Å². The van der Waals surface area contributed by atoms with Crippen LogP contribution in [0.3, 0.4) is 0 Å². The number of amides is 2. The van der Waals surface area contributed by atoms with E-state index in [4.69, 9.17) is 0 Å². The molecule has 0 aliphatic heterocycles. The predicted molar refractivity (Wildman–Crippen MR) is 123 cm³/mol. The van der Waals surface area contributed by atoms with Crippen molar-refractivity contribution in [2.24, 2.45) is 0 Å². The van der Waals surface area contributed by atoms with Crippen LogP contribution in [0.4, 0.5) is 5.00 Å². The molecule has 4 rings (SSSR count). The summed E-state index contributed by atoms with van der Waals surface area (Å²) in [5.74, 6) is -0.216. The van der Waals surface area contributed by atoms with E-state index in [2.05, 4.69) is 10.6 Å². The highest BCUT2D eigenvalue weighted by molar-refractivity contribution is 7.15. The van der Waals surface area contributed by atoms with Gasteiger partial charge in [0.25, 0.3) is 5.91 Å². The molecule has 0 atom stereocenters. The van der Waals surface area contributed by atoms with Crippen molar-refractivity contribution in [1.29, 1.82) is 0 Å². The van der Waals surface area contributed by atoms with E-state index in [-0.39, 0.29) is 24.3 Å². The van der Waals surface area contributed by atoms with E-state index in [1.54, 1.807) is 0 Å². The third-order valence-electron chi connectivity index (χ3n) is 5.50. The Balaban J connectivity index is 1.58. The van der Waals surface area contributed by atoms with Crippen molar-refractivity contribution in [3.63, 3.8) is 0 Å². The Hall–Kier alpha value is -2.92. The summed E-state index contributed by atoms with van der Waals surface area (Å²) in [4.78, 5) is 25.9. The van der Waals surface area contributed by atoms with Crippen LogP contribution in [0.1, 0.15) is 48.0 Å². The van der Waals surface area contributed by atoms with Gasteiger partial charge in [-0.15, -0.1) is 11.3 Å². The van der Waals surface area contributed by atoms with Crippen molar-refractivity contribution in [3.05, 3.63) is 77.2 Å². The van der Waals surface area contributed by atoms with Crippen LogP contribution in [-0.4, -0.2) is 17.9 Å². The number of benzene rings is 2. The van der Waals surface area contributed by atoms with Crippen LogP contribution in [0.15, 0.2) is 66.0 Å². The molecule has 0 spiro atoms. The minimum atomic E-state index is -0.116. The van der Waals surface area contributed by atoms with Gasteiger partial charge in [0, 0.05) is 17.0 Å². The van der Waals surface area contributed by atoms with Crippen LogP contribution < -0.4 is 10.6 Å². The number of carbonyl (C=O) groups excluding carboxylic acids is 2. The molecule has 1 fully saturated rings. The zero-order valence-electron chi connectivity index (χ0n) is 16.9. The first-order valence-electron chi connectivity index (χ1n) is 10.5. The van der Waals surface area contributed by atoms with Gasteiger partial charge in [-0.2, -0.15) is 0 Å². The normalized spacial score (nSPS) is 14.3. The van der Waals surface area contributed by atoms with Crippen LogP contribution in [-0.2, 0) is 11.2 Å². The summed E-state index contributed by atoms with van der Waals surface area (Å²) in [6, 6.07) is 19.7. The third-order valence-corrected chi connectivity index (χ3v) is 6.40. The number of rotatable bonds is 6. The highest BCUT2D eigenvalue weighted by Gasteiger charge is 2.24. The summed E-state index contributed by atoms with van der Waals surface area (Å²) in [7, 11) is 0. The van der Waals surface area contributed by atoms with Crippen LogP contribution in [0.25, 0.3) is 11.1 Å². The summed E-state index contributed by atoms with van der Waals surface area (Å²) in [6.07, 6.45) is 5.87. The Kier molecular flexibility index (Phi) is 6.60. The van der Waals surface area contributed by atoms with Gasteiger partial charge in [-0.25, -0.2) is 0 Å². The maximum Gasteiger partial charge on any atom is 0.255 e. The molecule has 1 aromatic heterocycles. The van der Waals surface area contributed by atoms with Crippen molar-refractivity contribution in [2.45, 2.75) is 44.6 Å². The van der Waals surface area contributed by atoms with Crippen molar-refractivity contribution < 1.29 is 9.59 Å². The lowest BCUT2D eigenvalue weighted by atomic mass is 9.95. The summed E-state index contributed by atoms with van der Waals surface area (Å²) in [5.41, 5.74) is 3.36. The maximum atomic E-state index is 13.3. The molecule has 1 aliphatic rings. The molecule has 3 aromatic rings. The van der Waals surface area contributed by atoms with Gasteiger partial charge in [-0.1, -0.05) is 79.9 Å². The van der Waals surface area contributed by atoms with Crippen LogP contribution >= 0.6 is 11.3 Å². The van der Waals surface area contributed by atoms with E-state index in [0.29, 0.717) is 10.6 Å². The summed E-state index contributed by atoms with van der Waals surface area (Å²) in [6.45, 7) is 0. The van der Waals surface area contributed by atoms with Crippen molar-refractivity contribution in [3.8, 4) is 11.1 Å². The number of thiophene rings is 1. The molecule has 1 heterocycles. The zero-order chi connectivity index (χ0) is 20.8. The first kappa shape index (κ1) is 20.4. The van der Waals surface area contributed by atoms with Crippen LogP contribution in [0.2, 0.25) is 0 Å². The second-order valence-corrected chi connectivity index (χ2v) is 8.62. The number of carbonyl (C=O) groups is 2. The first-order valence-corrected chi connectivity index (χ1v) is 11.4. The SMILES string of the molecule is O=C(Cc1ccccc1)Nc1scc(-c2ccccc2)c1C(=O)NC1CCCCC1. The quantitative estimate of drug-likeness (QED) is 0.543. The van der Waals surface area contributed by atoms with E-state index in [1.807, 2.05) is 66.0 Å². The lowest BCUT2D eigenvalue weighted by Gasteiger charge is -2.23. The third kappa shape index (κ3) is 4.97. The Morgan fingerprint density at radius 2 is 1.57 bits per heavy atom. The average molecular weight is 419 g/mol. The Labute approximate surface area is 181 Å². The van der Waals surface area contributed by atoms with Crippen molar-refractivity contribution in [2.75, 3.05) is 5.32 Å². The number of hydrogen-bond acceptors (Lipinski definition) is 3. The van der Waals surface area contributed by atoms with Gasteiger partial charge in [-0.3, -0.25) is 9.59 Å². The second kappa shape index (κ2) is 9.72. The Bertz CT molecular complexity index is 993. The molecule has 2 amide bonds. The smallest absolute Gasteiger partial charge is 0.255 e. The standard InChI is InChI=1S/C25H26N2O2S/c28-22(16-18-10-4-1-5-11-18)27-25-23(24(29)26-20-14-8-3-9-15-20)21(17-30-25)19-12-6-2-7-13-19/h1-2,4-7,10-13,17,20H,3,8-9,14-16H2,(H,26,29)(H,27,28). The van der Waals surface area contributed by atoms with Crippen LogP contribution in [0, 0.1) is 0 Å². The molecule has 5 heteroatoms. The van der Waals surface area contributed by atoms with E-state index in [0.717, 1.165) is 42.4 Å². The number of nitrogens with one attached hydrogen (secondary N) is 2. The van der Waals surface area contributed by atoms with Gasteiger partial charge >= 0.3 is 0 Å². The lowest BCUT2D eigenvalue weighted by Crippen LogP contribution is -2.36. The maximum absolute atomic E-state index is 13.3. The van der Waals surface area contributed by atoms with Gasteiger partial charge in [0.15, 0.2) is 0 Å². The summed E-state index contributed by atoms with van der Waals surface area (Å²) in [5, 5.41) is 8.77. The minimum absolute atomic E-state index is 0.1000. The zero-order valence-corrected chi connectivity index (χ0v) is 17.7. The highest BCUT2D eigenvalue weighted by atomic mass is 32.1. The summed E-state index contributed by atoms with van der Waals surface area (Å²) >= 11 is 1.41. The van der Waals surface area contributed by atoms with Gasteiger partial charge in [0.2, 0.25) is 5.91 Å².